The summed E-state index contributed by atoms with van der Waals surface area (Å²) in [6.45, 7) is 2.72. The molecule has 1 unspecified atom stereocenters. The SMILES string of the molecule is CCCC(CN)c1ncc(-c2ccc(F)cc2)[nH]1. The van der Waals surface area contributed by atoms with Crippen molar-refractivity contribution in [3.05, 3.63) is 42.1 Å². The third-order valence-corrected chi connectivity index (χ3v) is 3.06. The fourth-order valence-corrected chi connectivity index (χ4v) is 2.03. The van der Waals surface area contributed by atoms with E-state index in [-0.39, 0.29) is 11.7 Å². The van der Waals surface area contributed by atoms with Crippen molar-refractivity contribution < 1.29 is 4.39 Å². The summed E-state index contributed by atoms with van der Waals surface area (Å²) in [5, 5.41) is 0. The van der Waals surface area contributed by atoms with Gasteiger partial charge in [0.1, 0.15) is 11.6 Å². The van der Waals surface area contributed by atoms with Gasteiger partial charge in [-0.15, -0.1) is 0 Å². The molecule has 0 amide bonds. The van der Waals surface area contributed by atoms with Crippen molar-refractivity contribution in [1.82, 2.24) is 9.97 Å². The monoisotopic (exact) mass is 247 g/mol. The predicted octanol–water partition coefficient (Wildman–Crippen LogP) is 3.06. The van der Waals surface area contributed by atoms with Crippen LogP contribution in [0.25, 0.3) is 11.3 Å². The van der Waals surface area contributed by atoms with Crippen LogP contribution in [-0.2, 0) is 0 Å². The smallest absolute Gasteiger partial charge is 0.123 e. The molecular weight excluding hydrogens is 229 g/mol. The van der Waals surface area contributed by atoms with Crippen LogP contribution in [0.3, 0.4) is 0 Å². The molecule has 0 saturated heterocycles. The Morgan fingerprint density at radius 2 is 2.06 bits per heavy atom. The van der Waals surface area contributed by atoms with Gasteiger partial charge in [0.15, 0.2) is 0 Å². The standard InChI is InChI=1S/C14H18FN3/c1-2-3-11(8-16)14-17-9-13(18-14)10-4-6-12(15)7-5-10/h4-7,9,11H,2-3,8,16H2,1H3,(H,17,18). The zero-order valence-corrected chi connectivity index (χ0v) is 10.5. The number of nitrogens with zero attached hydrogens (tertiary/aromatic N) is 1. The molecular formula is C14H18FN3. The number of benzene rings is 1. The third kappa shape index (κ3) is 2.76. The van der Waals surface area contributed by atoms with Crippen molar-refractivity contribution in [3.8, 4) is 11.3 Å². The highest BCUT2D eigenvalue weighted by Gasteiger charge is 2.13. The maximum absolute atomic E-state index is 12.8. The van der Waals surface area contributed by atoms with Gasteiger partial charge in [0.2, 0.25) is 0 Å². The third-order valence-electron chi connectivity index (χ3n) is 3.06. The lowest BCUT2D eigenvalue weighted by atomic mass is 10.0. The van der Waals surface area contributed by atoms with Gasteiger partial charge >= 0.3 is 0 Å². The van der Waals surface area contributed by atoms with Crippen molar-refractivity contribution >= 4 is 0 Å². The van der Waals surface area contributed by atoms with Gasteiger partial charge in [0, 0.05) is 12.5 Å². The summed E-state index contributed by atoms with van der Waals surface area (Å²) in [6, 6.07) is 6.37. The summed E-state index contributed by atoms with van der Waals surface area (Å²) >= 11 is 0. The zero-order valence-electron chi connectivity index (χ0n) is 10.5. The maximum Gasteiger partial charge on any atom is 0.123 e. The zero-order chi connectivity index (χ0) is 13.0. The van der Waals surface area contributed by atoms with E-state index in [1.165, 1.54) is 12.1 Å². The van der Waals surface area contributed by atoms with Crippen molar-refractivity contribution in [2.75, 3.05) is 6.54 Å². The molecule has 0 aliphatic carbocycles. The van der Waals surface area contributed by atoms with E-state index in [0.717, 1.165) is 29.9 Å². The summed E-state index contributed by atoms with van der Waals surface area (Å²) in [6.07, 6.45) is 3.88. The molecule has 0 aliphatic rings. The predicted molar refractivity (Wildman–Crippen MR) is 70.7 cm³/mol. The summed E-state index contributed by atoms with van der Waals surface area (Å²) in [5.74, 6) is 0.951. The minimum atomic E-state index is -0.232. The average Bonchev–Trinajstić information content (AvgIpc) is 2.86. The largest absolute Gasteiger partial charge is 0.342 e. The number of nitrogens with two attached hydrogens (primary N) is 1. The lowest BCUT2D eigenvalue weighted by Gasteiger charge is -2.09. The van der Waals surface area contributed by atoms with Crippen LogP contribution in [0.5, 0.6) is 0 Å². The second kappa shape index (κ2) is 5.78. The highest BCUT2D eigenvalue weighted by molar-refractivity contribution is 5.58. The Labute approximate surface area is 106 Å². The molecule has 0 radical (unpaired) electrons. The summed E-state index contributed by atoms with van der Waals surface area (Å²) < 4.78 is 12.8. The van der Waals surface area contributed by atoms with Crippen LogP contribution in [0, 0.1) is 5.82 Å². The van der Waals surface area contributed by atoms with Crippen LogP contribution in [0.4, 0.5) is 4.39 Å². The second-order valence-corrected chi connectivity index (χ2v) is 4.41. The number of aromatic nitrogens is 2. The van der Waals surface area contributed by atoms with Crippen molar-refractivity contribution in [2.45, 2.75) is 25.7 Å². The first-order chi connectivity index (χ1) is 8.74. The molecule has 96 valence electrons. The number of H-pyrrole nitrogens is 1. The molecule has 1 heterocycles. The highest BCUT2D eigenvalue weighted by Crippen LogP contribution is 2.22. The van der Waals surface area contributed by atoms with Gasteiger partial charge in [0.25, 0.3) is 0 Å². The molecule has 4 heteroatoms. The lowest BCUT2D eigenvalue weighted by Crippen LogP contribution is -2.13. The first kappa shape index (κ1) is 12.8. The molecule has 0 aliphatic heterocycles. The van der Waals surface area contributed by atoms with Gasteiger partial charge in [-0.1, -0.05) is 13.3 Å². The van der Waals surface area contributed by atoms with E-state index >= 15 is 0 Å². The lowest BCUT2D eigenvalue weighted by molar-refractivity contribution is 0.595. The van der Waals surface area contributed by atoms with Crippen LogP contribution >= 0.6 is 0 Å². The van der Waals surface area contributed by atoms with Gasteiger partial charge in [-0.05, 0) is 36.2 Å². The van der Waals surface area contributed by atoms with Crippen molar-refractivity contribution in [2.24, 2.45) is 5.73 Å². The normalized spacial score (nSPS) is 12.6. The fraction of sp³-hybridized carbons (Fsp3) is 0.357. The maximum atomic E-state index is 12.8. The number of hydrogen-bond acceptors (Lipinski definition) is 2. The number of nitrogens with one attached hydrogen (secondary N) is 1. The molecule has 3 N–H and O–H groups in total. The number of hydrogen-bond donors (Lipinski definition) is 2. The highest BCUT2D eigenvalue weighted by atomic mass is 19.1. The molecule has 0 spiro atoms. The summed E-state index contributed by atoms with van der Waals surface area (Å²) in [4.78, 5) is 7.65. The molecule has 2 aromatic rings. The fourth-order valence-electron chi connectivity index (χ4n) is 2.03. The Bertz CT molecular complexity index is 490. The first-order valence-corrected chi connectivity index (χ1v) is 6.25. The molecule has 0 fully saturated rings. The average molecular weight is 247 g/mol. The topological polar surface area (TPSA) is 54.7 Å². The van der Waals surface area contributed by atoms with Crippen LogP contribution in [-0.4, -0.2) is 16.5 Å². The Morgan fingerprint density at radius 3 is 2.67 bits per heavy atom. The molecule has 0 bridgehead atoms. The molecule has 0 saturated carbocycles. The van der Waals surface area contributed by atoms with Gasteiger partial charge in [-0.3, -0.25) is 0 Å². The molecule has 1 atom stereocenters. The van der Waals surface area contributed by atoms with E-state index in [0.29, 0.717) is 6.54 Å². The molecule has 18 heavy (non-hydrogen) atoms. The van der Waals surface area contributed by atoms with Crippen LogP contribution in [0.1, 0.15) is 31.5 Å². The van der Waals surface area contributed by atoms with Gasteiger partial charge in [0.05, 0.1) is 11.9 Å². The number of rotatable bonds is 5. The summed E-state index contributed by atoms with van der Waals surface area (Å²) in [7, 11) is 0. The number of imidazole rings is 1. The minimum Gasteiger partial charge on any atom is -0.342 e. The molecule has 2 rings (SSSR count). The quantitative estimate of drug-likeness (QED) is 0.853. The first-order valence-electron chi connectivity index (χ1n) is 6.25. The minimum absolute atomic E-state index is 0.232. The second-order valence-electron chi connectivity index (χ2n) is 4.41. The van der Waals surface area contributed by atoms with Crippen LogP contribution < -0.4 is 5.73 Å². The van der Waals surface area contributed by atoms with Crippen LogP contribution in [0.2, 0.25) is 0 Å². The van der Waals surface area contributed by atoms with Gasteiger partial charge < -0.3 is 10.7 Å². The van der Waals surface area contributed by atoms with E-state index in [1.54, 1.807) is 18.3 Å². The number of halogens is 1. The molecule has 1 aromatic heterocycles. The number of aromatic amines is 1. The van der Waals surface area contributed by atoms with Gasteiger partial charge in [-0.2, -0.15) is 0 Å². The summed E-state index contributed by atoms with van der Waals surface area (Å²) in [5.41, 5.74) is 7.58. The van der Waals surface area contributed by atoms with Crippen LogP contribution in [0.15, 0.2) is 30.5 Å². The molecule has 3 nitrogen and oxygen atoms in total. The van der Waals surface area contributed by atoms with E-state index in [9.17, 15) is 4.39 Å². The van der Waals surface area contributed by atoms with E-state index in [2.05, 4.69) is 16.9 Å². The van der Waals surface area contributed by atoms with E-state index in [4.69, 9.17) is 5.73 Å². The Kier molecular flexibility index (Phi) is 4.10. The van der Waals surface area contributed by atoms with Crippen molar-refractivity contribution in [3.63, 3.8) is 0 Å². The Morgan fingerprint density at radius 1 is 1.33 bits per heavy atom. The Hall–Kier alpha value is -1.68. The van der Waals surface area contributed by atoms with Gasteiger partial charge in [-0.25, -0.2) is 9.37 Å². The van der Waals surface area contributed by atoms with E-state index < -0.39 is 0 Å². The molecule has 1 aromatic carbocycles. The Balaban J connectivity index is 2.21. The van der Waals surface area contributed by atoms with E-state index in [1.807, 2.05) is 0 Å². The van der Waals surface area contributed by atoms with Crippen molar-refractivity contribution in [1.29, 1.82) is 0 Å².